The smallest absolute Gasteiger partial charge is 0.286 e. The summed E-state index contributed by atoms with van der Waals surface area (Å²) < 4.78 is 0. The molecule has 2 aliphatic heterocycles. The van der Waals surface area contributed by atoms with Gasteiger partial charge in [-0.1, -0.05) is 36.8 Å². The largest absolute Gasteiger partial charge is 0.294 e. The maximum atomic E-state index is 12.4. The summed E-state index contributed by atoms with van der Waals surface area (Å²) in [4.78, 5) is 28.5. The Balaban J connectivity index is 1.71. The van der Waals surface area contributed by atoms with Crippen molar-refractivity contribution in [2.24, 2.45) is 0 Å². The van der Waals surface area contributed by atoms with Crippen molar-refractivity contribution in [3.05, 3.63) is 40.8 Å². The Morgan fingerprint density at radius 2 is 1.76 bits per heavy atom. The van der Waals surface area contributed by atoms with Crippen LogP contribution in [0.15, 0.2) is 35.2 Å². The molecule has 5 heteroatoms. The van der Waals surface area contributed by atoms with Crippen LogP contribution in [0.3, 0.4) is 0 Å². The van der Waals surface area contributed by atoms with Gasteiger partial charge in [0.2, 0.25) is 0 Å². The van der Waals surface area contributed by atoms with E-state index >= 15 is 0 Å². The SMILES string of the molecule is O=C1S/C(=C\c2ccccc2)C(=O)N1CN1CCCCC1. The van der Waals surface area contributed by atoms with Crippen LogP contribution in [0.5, 0.6) is 0 Å². The summed E-state index contributed by atoms with van der Waals surface area (Å²) in [6, 6.07) is 9.63. The number of carbonyl (C=O) groups is 2. The molecule has 4 nitrogen and oxygen atoms in total. The molecule has 0 saturated carbocycles. The summed E-state index contributed by atoms with van der Waals surface area (Å²) in [6.45, 7) is 2.37. The molecule has 2 amide bonds. The van der Waals surface area contributed by atoms with Crippen molar-refractivity contribution in [1.29, 1.82) is 0 Å². The first kappa shape index (κ1) is 14.4. The second-order valence-electron chi connectivity index (χ2n) is 5.34. The van der Waals surface area contributed by atoms with Crippen molar-refractivity contribution in [1.82, 2.24) is 9.80 Å². The van der Waals surface area contributed by atoms with Gasteiger partial charge in [0.15, 0.2) is 0 Å². The zero-order valence-electron chi connectivity index (χ0n) is 11.8. The summed E-state index contributed by atoms with van der Waals surface area (Å²) in [5, 5.41) is -0.159. The minimum atomic E-state index is -0.167. The molecule has 0 spiro atoms. The van der Waals surface area contributed by atoms with E-state index in [1.165, 1.54) is 11.3 Å². The van der Waals surface area contributed by atoms with Crippen molar-refractivity contribution < 1.29 is 9.59 Å². The molecule has 0 radical (unpaired) electrons. The summed E-state index contributed by atoms with van der Waals surface area (Å²) >= 11 is 1.04. The van der Waals surface area contributed by atoms with Crippen LogP contribution in [-0.4, -0.2) is 40.7 Å². The fourth-order valence-electron chi connectivity index (χ4n) is 2.62. The zero-order valence-corrected chi connectivity index (χ0v) is 12.6. The molecule has 2 aliphatic rings. The van der Waals surface area contributed by atoms with Crippen molar-refractivity contribution in [2.45, 2.75) is 19.3 Å². The first-order valence-electron chi connectivity index (χ1n) is 7.27. The van der Waals surface area contributed by atoms with E-state index in [-0.39, 0.29) is 11.1 Å². The Labute approximate surface area is 128 Å². The molecule has 0 aromatic heterocycles. The third-order valence-corrected chi connectivity index (χ3v) is 4.67. The number of hydrogen-bond donors (Lipinski definition) is 0. The molecule has 0 atom stereocenters. The Bertz CT molecular complexity index is 565. The van der Waals surface area contributed by atoms with E-state index in [0.717, 1.165) is 43.3 Å². The van der Waals surface area contributed by atoms with Crippen LogP contribution in [-0.2, 0) is 4.79 Å². The molecule has 21 heavy (non-hydrogen) atoms. The van der Waals surface area contributed by atoms with Crippen LogP contribution < -0.4 is 0 Å². The predicted molar refractivity (Wildman–Crippen MR) is 84.5 cm³/mol. The van der Waals surface area contributed by atoms with E-state index in [2.05, 4.69) is 4.90 Å². The van der Waals surface area contributed by atoms with Crippen molar-refractivity contribution in [3.63, 3.8) is 0 Å². The molecule has 0 unspecified atom stereocenters. The Morgan fingerprint density at radius 1 is 1.05 bits per heavy atom. The minimum absolute atomic E-state index is 0.159. The minimum Gasteiger partial charge on any atom is -0.286 e. The number of rotatable bonds is 3. The first-order chi connectivity index (χ1) is 10.2. The lowest BCUT2D eigenvalue weighted by Gasteiger charge is -2.29. The molecule has 0 aliphatic carbocycles. The van der Waals surface area contributed by atoms with Gasteiger partial charge in [0.05, 0.1) is 11.6 Å². The van der Waals surface area contributed by atoms with Gasteiger partial charge in [-0.25, -0.2) is 0 Å². The number of likely N-dealkylation sites (tertiary alicyclic amines) is 1. The molecule has 110 valence electrons. The number of carbonyl (C=O) groups excluding carboxylic acids is 2. The van der Waals surface area contributed by atoms with Crippen LogP contribution in [0.25, 0.3) is 6.08 Å². The molecule has 2 saturated heterocycles. The highest BCUT2D eigenvalue weighted by Crippen LogP contribution is 2.32. The highest BCUT2D eigenvalue weighted by atomic mass is 32.2. The van der Waals surface area contributed by atoms with Gasteiger partial charge in [-0.15, -0.1) is 0 Å². The lowest BCUT2D eigenvalue weighted by Crippen LogP contribution is -2.42. The number of nitrogens with zero attached hydrogens (tertiary/aromatic N) is 2. The van der Waals surface area contributed by atoms with Crippen LogP contribution in [0.2, 0.25) is 0 Å². The maximum absolute atomic E-state index is 12.4. The zero-order chi connectivity index (χ0) is 14.7. The molecule has 0 N–H and O–H groups in total. The second-order valence-corrected chi connectivity index (χ2v) is 6.33. The topological polar surface area (TPSA) is 40.6 Å². The van der Waals surface area contributed by atoms with Gasteiger partial charge in [-0.2, -0.15) is 0 Å². The van der Waals surface area contributed by atoms with E-state index in [0.29, 0.717) is 11.6 Å². The Morgan fingerprint density at radius 3 is 2.48 bits per heavy atom. The highest BCUT2D eigenvalue weighted by molar-refractivity contribution is 8.18. The fraction of sp³-hybridized carbons (Fsp3) is 0.375. The van der Waals surface area contributed by atoms with Gasteiger partial charge in [0.1, 0.15) is 0 Å². The Hall–Kier alpha value is -1.59. The number of benzene rings is 1. The van der Waals surface area contributed by atoms with E-state index in [4.69, 9.17) is 0 Å². The van der Waals surface area contributed by atoms with E-state index < -0.39 is 0 Å². The Kier molecular flexibility index (Phi) is 4.41. The normalized spacial score (nSPS) is 22.3. The molecule has 0 bridgehead atoms. The molecule has 1 aromatic rings. The van der Waals surface area contributed by atoms with Crippen molar-refractivity contribution in [3.8, 4) is 0 Å². The standard InChI is InChI=1S/C16H18N2O2S/c19-15-14(11-13-7-3-1-4-8-13)21-16(20)18(15)12-17-9-5-2-6-10-17/h1,3-4,7-8,11H,2,5-6,9-10,12H2/b14-11-. The number of thioether (sulfide) groups is 1. The van der Waals surface area contributed by atoms with Gasteiger partial charge in [0.25, 0.3) is 11.1 Å². The summed E-state index contributed by atoms with van der Waals surface area (Å²) in [5.74, 6) is -0.167. The molecule has 1 aromatic carbocycles. The van der Waals surface area contributed by atoms with Crippen LogP contribution in [0, 0.1) is 0 Å². The van der Waals surface area contributed by atoms with E-state index in [1.54, 1.807) is 6.08 Å². The molecule has 2 fully saturated rings. The lowest BCUT2D eigenvalue weighted by atomic mass is 10.1. The number of piperidine rings is 1. The second kappa shape index (κ2) is 6.45. The van der Waals surface area contributed by atoms with E-state index in [1.807, 2.05) is 30.3 Å². The molecule has 3 rings (SSSR count). The summed E-state index contributed by atoms with van der Waals surface area (Å²) in [7, 11) is 0. The van der Waals surface area contributed by atoms with Crippen molar-refractivity contribution in [2.75, 3.05) is 19.8 Å². The number of imide groups is 1. The quantitative estimate of drug-likeness (QED) is 0.804. The number of hydrogen-bond acceptors (Lipinski definition) is 4. The average molecular weight is 302 g/mol. The highest BCUT2D eigenvalue weighted by Gasteiger charge is 2.36. The number of amides is 2. The monoisotopic (exact) mass is 302 g/mol. The van der Waals surface area contributed by atoms with Crippen molar-refractivity contribution >= 4 is 29.0 Å². The van der Waals surface area contributed by atoms with Crippen LogP contribution in [0.4, 0.5) is 4.79 Å². The molecular weight excluding hydrogens is 284 g/mol. The van der Waals surface area contributed by atoms with Crippen LogP contribution >= 0.6 is 11.8 Å². The molecular formula is C16H18N2O2S. The third kappa shape index (κ3) is 3.36. The fourth-order valence-corrected chi connectivity index (χ4v) is 3.45. The van der Waals surface area contributed by atoms with Gasteiger partial charge >= 0.3 is 0 Å². The van der Waals surface area contributed by atoms with Crippen LogP contribution in [0.1, 0.15) is 24.8 Å². The van der Waals surface area contributed by atoms with Gasteiger partial charge < -0.3 is 0 Å². The maximum Gasteiger partial charge on any atom is 0.294 e. The third-order valence-electron chi connectivity index (χ3n) is 3.76. The van der Waals surface area contributed by atoms with Gasteiger partial charge in [-0.05, 0) is 49.3 Å². The van der Waals surface area contributed by atoms with Gasteiger partial charge in [0, 0.05) is 0 Å². The summed E-state index contributed by atoms with van der Waals surface area (Å²) in [6.07, 6.45) is 5.33. The first-order valence-corrected chi connectivity index (χ1v) is 8.08. The molecule has 2 heterocycles. The predicted octanol–water partition coefficient (Wildman–Crippen LogP) is 3.17. The summed E-state index contributed by atoms with van der Waals surface area (Å²) in [5.41, 5.74) is 0.945. The average Bonchev–Trinajstić information content (AvgIpc) is 2.77. The lowest BCUT2D eigenvalue weighted by molar-refractivity contribution is -0.124. The van der Waals surface area contributed by atoms with Gasteiger partial charge in [-0.3, -0.25) is 19.4 Å². The van der Waals surface area contributed by atoms with E-state index in [9.17, 15) is 9.59 Å².